The fourth-order valence-corrected chi connectivity index (χ4v) is 5.98. The van der Waals surface area contributed by atoms with Gasteiger partial charge >= 0.3 is 118 Å². The summed E-state index contributed by atoms with van der Waals surface area (Å²) in [6, 6.07) is 13.5. The summed E-state index contributed by atoms with van der Waals surface area (Å²) in [7, 11) is 0. The Bertz CT molecular complexity index is 496. The molecule has 0 bridgehead atoms. The standard InChI is InChI=1S/C15H14F3I/c1-11-3-7-13(8-4-11)19(15(16,17)18)14-9-5-12(2)6-10-14/h3-10H,1-2H3. The van der Waals surface area contributed by atoms with Crippen LogP contribution >= 0.6 is 19.8 Å². The minimum atomic E-state index is -4.13. The third-order valence-corrected chi connectivity index (χ3v) is 7.83. The van der Waals surface area contributed by atoms with Crippen molar-refractivity contribution in [1.29, 1.82) is 0 Å². The van der Waals surface area contributed by atoms with Gasteiger partial charge in [-0.15, -0.1) is 0 Å². The van der Waals surface area contributed by atoms with Crippen molar-refractivity contribution < 1.29 is 13.2 Å². The molecule has 2 aromatic rings. The minimum absolute atomic E-state index is 0.436. The van der Waals surface area contributed by atoms with Crippen LogP contribution in [0.5, 0.6) is 0 Å². The van der Waals surface area contributed by atoms with Gasteiger partial charge in [-0.25, -0.2) is 0 Å². The second-order valence-corrected chi connectivity index (χ2v) is 9.64. The molecule has 0 amide bonds. The van der Waals surface area contributed by atoms with Gasteiger partial charge in [0.2, 0.25) is 0 Å². The number of benzene rings is 2. The summed E-state index contributed by atoms with van der Waals surface area (Å²) in [5.74, 6) is 0. The Labute approximate surface area is 118 Å². The Kier molecular flexibility index (Phi) is 4.18. The average Bonchev–Trinajstić information content (AvgIpc) is 2.33. The van der Waals surface area contributed by atoms with E-state index in [1.54, 1.807) is 48.5 Å². The predicted octanol–water partition coefficient (Wildman–Crippen LogP) is 5.37. The van der Waals surface area contributed by atoms with E-state index in [9.17, 15) is 13.2 Å². The summed E-state index contributed by atoms with van der Waals surface area (Å²) in [4.78, 5) is 0. The molecule has 2 aromatic carbocycles. The van der Waals surface area contributed by atoms with E-state index in [-0.39, 0.29) is 0 Å². The van der Waals surface area contributed by atoms with E-state index in [1.165, 1.54) is 0 Å². The molecular formula is C15H14F3I. The molecule has 0 aliphatic rings. The number of aryl methyl sites for hydroxylation is 2. The molecule has 0 aliphatic heterocycles. The first-order valence-corrected chi connectivity index (χ1v) is 9.01. The zero-order valence-corrected chi connectivity index (χ0v) is 12.8. The molecule has 0 aromatic heterocycles. The van der Waals surface area contributed by atoms with E-state index in [1.807, 2.05) is 13.8 Å². The molecule has 2 rings (SSSR count). The molecule has 0 saturated carbocycles. The van der Waals surface area contributed by atoms with Crippen LogP contribution in [0.15, 0.2) is 48.5 Å². The van der Waals surface area contributed by atoms with Crippen LogP contribution in [0.2, 0.25) is 0 Å². The fraction of sp³-hybridized carbons (Fsp3) is 0.200. The molecule has 0 radical (unpaired) electrons. The number of rotatable bonds is 2. The van der Waals surface area contributed by atoms with Gasteiger partial charge in [0, 0.05) is 0 Å². The van der Waals surface area contributed by atoms with Crippen molar-refractivity contribution in [2.45, 2.75) is 18.0 Å². The van der Waals surface area contributed by atoms with Crippen LogP contribution in [0.1, 0.15) is 11.1 Å². The number of halogens is 4. The normalized spacial score (nSPS) is 12.4. The number of alkyl halides is 4. The van der Waals surface area contributed by atoms with Crippen LogP contribution in [0, 0.1) is 21.0 Å². The van der Waals surface area contributed by atoms with Gasteiger partial charge < -0.3 is 0 Å². The van der Waals surface area contributed by atoms with Crippen molar-refractivity contribution in [2.75, 3.05) is 0 Å². The van der Waals surface area contributed by atoms with Crippen molar-refractivity contribution in [2.24, 2.45) is 0 Å². The van der Waals surface area contributed by atoms with Gasteiger partial charge in [0.25, 0.3) is 0 Å². The van der Waals surface area contributed by atoms with Crippen LogP contribution in [0.25, 0.3) is 0 Å². The fourth-order valence-electron chi connectivity index (χ4n) is 1.69. The summed E-state index contributed by atoms with van der Waals surface area (Å²) in [5, 5.41) is 0. The average molecular weight is 378 g/mol. The second kappa shape index (κ2) is 5.53. The Morgan fingerprint density at radius 3 is 1.26 bits per heavy atom. The zero-order chi connectivity index (χ0) is 14.0. The van der Waals surface area contributed by atoms with Gasteiger partial charge in [0.05, 0.1) is 0 Å². The van der Waals surface area contributed by atoms with Crippen LogP contribution in [-0.4, -0.2) is 4.18 Å². The number of hydrogen-bond donors (Lipinski definition) is 0. The van der Waals surface area contributed by atoms with Crippen molar-refractivity contribution in [3.05, 3.63) is 66.8 Å². The van der Waals surface area contributed by atoms with Gasteiger partial charge in [0.15, 0.2) is 0 Å². The van der Waals surface area contributed by atoms with E-state index < -0.39 is 24.0 Å². The van der Waals surface area contributed by atoms with E-state index >= 15 is 0 Å². The molecule has 0 nitrogen and oxygen atoms in total. The third kappa shape index (κ3) is 3.49. The summed E-state index contributed by atoms with van der Waals surface area (Å²) in [6.45, 7) is 3.75. The monoisotopic (exact) mass is 378 g/mol. The molecule has 4 heteroatoms. The van der Waals surface area contributed by atoms with Gasteiger partial charge in [-0.1, -0.05) is 0 Å². The molecule has 0 fully saturated rings. The molecule has 0 heterocycles. The van der Waals surface area contributed by atoms with Crippen LogP contribution in [0.3, 0.4) is 0 Å². The Morgan fingerprint density at radius 2 is 1.00 bits per heavy atom. The van der Waals surface area contributed by atoms with Crippen LogP contribution in [0.4, 0.5) is 13.2 Å². The maximum absolute atomic E-state index is 13.4. The molecule has 0 atom stereocenters. The van der Waals surface area contributed by atoms with Crippen molar-refractivity contribution in [3.8, 4) is 0 Å². The Balaban J connectivity index is 2.47. The molecule has 0 N–H and O–H groups in total. The summed E-state index contributed by atoms with van der Waals surface area (Å²) in [5.41, 5.74) is 1.95. The summed E-state index contributed by atoms with van der Waals surface area (Å²) >= 11 is -3.39. The first-order chi connectivity index (χ1) is 8.88. The van der Waals surface area contributed by atoms with E-state index in [0.29, 0.717) is 7.14 Å². The van der Waals surface area contributed by atoms with Gasteiger partial charge in [-0.05, 0) is 0 Å². The first-order valence-electron chi connectivity index (χ1n) is 5.78. The Hall–Kier alpha value is -1.04. The molecule has 0 aliphatic carbocycles. The van der Waals surface area contributed by atoms with Crippen molar-refractivity contribution in [1.82, 2.24) is 0 Å². The molecule has 0 spiro atoms. The van der Waals surface area contributed by atoms with Gasteiger partial charge in [-0.3, -0.25) is 0 Å². The predicted molar refractivity (Wildman–Crippen MR) is 79.8 cm³/mol. The van der Waals surface area contributed by atoms with Gasteiger partial charge in [-0.2, -0.15) is 0 Å². The molecule has 0 unspecified atom stereocenters. The molecular weight excluding hydrogens is 364 g/mol. The third-order valence-electron chi connectivity index (χ3n) is 2.67. The zero-order valence-electron chi connectivity index (χ0n) is 10.6. The van der Waals surface area contributed by atoms with E-state index in [4.69, 9.17) is 0 Å². The van der Waals surface area contributed by atoms with E-state index in [2.05, 4.69) is 0 Å². The second-order valence-electron chi connectivity index (χ2n) is 4.30. The van der Waals surface area contributed by atoms with Crippen LogP contribution < -0.4 is 0 Å². The summed E-state index contributed by atoms with van der Waals surface area (Å²) < 4.78 is 36.8. The topological polar surface area (TPSA) is 0 Å². The van der Waals surface area contributed by atoms with Crippen molar-refractivity contribution in [3.63, 3.8) is 0 Å². The van der Waals surface area contributed by atoms with Crippen LogP contribution in [-0.2, 0) is 0 Å². The first kappa shape index (κ1) is 14.4. The van der Waals surface area contributed by atoms with Crippen molar-refractivity contribution >= 4 is 19.8 Å². The summed E-state index contributed by atoms with van der Waals surface area (Å²) in [6.07, 6.45) is 0. The van der Waals surface area contributed by atoms with E-state index in [0.717, 1.165) is 11.1 Å². The number of hydrogen-bond acceptors (Lipinski definition) is 0. The quantitative estimate of drug-likeness (QED) is 0.487. The molecule has 0 saturated heterocycles. The maximum atomic E-state index is 13.4. The SMILES string of the molecule is Cc1ccc(I(c2ccc(C)cc2)C(F)(F)F)cc1. The molecule has 102 valence electrons. The Morgan fingerprint density at radius 1 is 0.684 bits per heavy atom. The van der Waals surface area contributed by atoms with Gasteiger partial charge in [0.1, 0.15) is 0 Å². The molecule has 19 heavy (non-hydrogen) atoms.